The first kappa shape index (κ1) is 15.7. The molecule has 0 saturated heterocycles. The van der Waals surface area contributed by atoms with E-state index in [1.807, 2.05) is 18.5 Å². The summed E-state index contributed by atoms with van der Waals surface area (Å²) in [4.78, 5) is 12.0. The van der Waals surface area contributed by atoms with Crippen molar-refractivity contribution in [1.82, 2.24) is 14.8 Å². The highest BCUT2D eigenvalue weighted by atomic mass is 16.5. The van der Waals surface area contributed by atoms with Gasteiger partial charge in [-0.05, 0) is 31.2 Å². The van der Waals surface area contributed by atoms with Crippen LogP contribution in [-0.2, 0) is 19.9 Å². The van der Waals surface area contributed by atoms with Crippen molar-refractivity contribution in [3.8, 4) is 16.9 Å². The van der Waals surface area contributed by atoms with E-state index in [0.717, 1.165) is 42.5 Å². The topological polar surface area (TPSA) is 59.9 Å². The van der Waals surface area contributed by atoms with Gasteiger partial charge in [-0.2, -0.15) is 5.10 Å². The average Bonchev–Trinajstić information content (AvgIpc) is 3.31. The van der Waals surface area contributed by atoms with Crippen LogP contribution >= 0.6 is 0 Å². The first-order valence-corrected chi connectivity index (χ1v) is 8.65. The van der Waals surface area contributed by atoms with E-state index in [1.54, 1.807) is 17.7 Å². The summed E-state index contributed by atoms with van der Waals surface area (Å²) in [6.45, 7) is 0. The number of ether oxygens (including phenoxy) is 1. The predicted octanol–water partition coefficient (Wildman–Crippen LogP) is 3.10. The zero-order valence-electron chi connectivity index (χ0n) is 14.2. The number of benzene rings is 1. The van der Waals surface area contributed by atoms with Gasteiger partial charge in [-0.3, -0.25) is 9.89 Å². The van der Waals surface area contributed by atoms with Crippen molar-refractivity contribution in [1.29, 1.82) is 0 Å². The molecule has 0 radical (unpaired) electrons. The fraction of sp³-hybridized carbons (Fsp3) is 0.300. The molecular formula is C20H21N3O2. The van der Waals surface area contributed by atoms with Crippen LogP contribution in [0.1, 0.15) is 24.1 Å². The molecule has 5 heteroatoms. The molecule has 128 valence electrons. The molecule has 0 atom stereocenters. The Morgan fingerprint density at radius 3 is 2.76 bits per heavy atom. The van der Waals surface area contributed by atoms with Crippen LogP contribution in [-0.4, -0.2) is 20.9 Å². The number of aryl methyl sites for hydroxylation is 3. The van der Waals surface area contributed by atoms with Crippen molar-refractivity contribution >= 4 is 0 Å². The van der Waals surface area contributed by atoms with Crippen molar-refractivity contribution < 1.29 is 4.74 Å². The van der Waals surface area contributed by atoms with Crippen molar-refractivity contribution in [2.45, 2.75) is 31.8 Å². The van der Waals surface area contributed by atoms with E-state index in [1.165, 1.54) is 5.56 Å². The van der Waals surface area contributed by atoms with Crippen LogP contribution in [0.15, 0.2) is 53.6 Å². The Morgan fingerprint density at radius 1 is 1.20 bits per heavy atom. The molecule has 1 aliphatic carbocycles. The van der Waals surface area contributed by atoms with Gasteiger partial charge >= 0.3 is 0 Å². The molecule has 4 rings (SSSR count). The van der Waals surface area contributed by atoms with Crippen molar-refractivity contribution in [2.75, 3.05) is 0 Å². The zero-order chi connectivity index (χ0) is 17.2. The van der Waals surface area contributed by atoms with Gasteiger partial charge in [-0.25, -0.2) is 0 Å². The molecule has 1 N–H and O–H groups in total. The molecule has 0 bridgehead atoms. The van der Waals surface area contributed by atoms with Gasteiger partial charge in [-0.1, -0.05) is 30.3 Å². The predicted molar refractivity (Wildman–Crippen MR) is 96.8 cm³/mol. The second-order valence-electron chi connectivity index (χ2n) is 6.55. The normalized spacial score (nSPS) is 13.8. The Bertz CT molecular complexity index is 924. The van der Waals surface area contributed by atoms with Crippen LogP contribution < -0.4 is 10.3 Å². The van der Waals surface area contributed by atoms with Gasteiger partial charge in [0.05, 0.1) is 11.8 Å². The highest BCUT2D eigenvalue weighted by Gasteiger charge is 2.26. The average molecular weight is 335 g/mol. The summed E-state index contributed by atoms with van der Waals surface area (Å²) >= 11 is 0. The lowest BCUT2D eigenvalue weighted by atomic mass is 10.0. The fourth-order valence-corrected chi connectivity index (χ4v) is 2.93. The summed E-state index contributed by atoms with van der Waals surface area (Å²) in [6.07, 6.45) is 7.83. The number of pyridine rings is 1. The first-order chi connectivity index (χ1) is 12.2. The van der Waals surface area contributed by atoms with Crippen molar-refractivity contribution in [3.63, 3.8) is 0 Å². The molecule has 1 aromatic carbocycles. The fourth-order valence-electron chi connectivity index (χ4n) is 2.93. The van der Waals surface area contributed by atoms with Crippen LogP contribution in [0.3, 0.4) is 0 Å². The number of aromatic nitrogens is 3. The lowest BCUT2D eigenvalue weighted by Crippen LogP contribution is -2.16. The molecule has 1 saturated carbocycles. The molecule has 2 heterocycles. The van der Waals surface area contributed by atoms with Crippen LogP contribution in [0, 0.1) is 0 Å². The molecule has 25 heavy (non-hydrogen) atoms. The standard InChI is InChI=1S/C20H21N3O2/c1-23-13-17(19(11-20(23)24)25-15-8-9-15)16-12-21-22-18(16)10-7-14-5-3-2-4-6-14/h2-6,11-13,15H,7-10H2,1H3,(H,21,22). The molecule has 0 unspecified atom stereocenters. The molecule has 2 aromatic heterocycles. The molecule has 3 aromatic rings. The van der Waals surface area contributed by atoms with E-state index in [9.17, 15) is 4.79 Å². The van der Waals surface area contributed by atoms with Gasteiger partial charge in [0.1, 0.15) is 5.75 Å². The highest BCUT2D eigenvalue weighted by Crippen LogP contribution is 2.35. The van der Waals surface area contributed by atoms with Crippen molar-refractivity contribution in [3.05, 3.63) is 70.4 Å². The molecule has 1 aliphatic rings. The smallest absolute Gasteiger partial charge is 0.254 e. The second-order valence-corrected chi connectivity index (χ2v) is 6.55. The molecule has 5 nitrogen and oxygen atoms in total. The highest BCUT2D eigenvalue weighted by molar-refractivity contribution is 5.71. The van der Waals surface area contributed by atoms with E-state index in [-0.39, 0.29) is 11.7 Å². The van der Waals surface area contributed by atoms with Crippen LogP contribution in [0.2, 0.25) is 0 Å². The van der Waals surface area contributed by atoms with E-state index < -0.39 is 0 Å². The lowest BCUT2D eigenvalue weighted by molar-refractivity contribution is 0.303. The van der Waals surface area contributed by atoms with Gasteiger partial charge in [-0.15, -0.1) is 0 Å². The Morgan fingerprint density at radius 2 is 2.00 bits per heavy atom. The van der Waals surface area contributed by atoms with Crippen LogP contribution in [0.5, 0.6) is 5.75 Å². The van der Waals surface area contributed by atoms with Gasteiger partial charge in [0.15, 0.2) is 0 Å². The second kappa shape index (κ2) is 6.59. The number of rotatable bonds is 6. The number of hydrogen-bond donors (Lipinski definition) is 1. The van der Waals surface area contributed by atoms with E-state index in [4.69, 9.17) is 4.74 Å². The van der Waals surface area contributed by atoms with Gasteiger partial charge in [0, 0.05) is 36.6 Å². The number of H-pyrrole nitrogens is 1. The summed E-state index contributed by atoms with van der Waals surface area (Å²) in [6, 6.07) is 12.0. The molecular weight excluding hydrogens is 314 g/mol. The maximum absolute atomic E-state index is 12.0. The molecule has 0 spiro atoms. The van der Waals surface area contributed by atoms with Gasteiger partial charge < -0.3 is 9.30 Å². The Kier molecular flexibility index (Phi) is 4.14. The van der Waals surface area contributed by atoms with Crippen LogP contribution in [0.4, 0.5) is 0 Å². The van der Waals surface area contributed by atoms with E-state index in [0.29, 0.717) is 5.75 Å². The SMILES string of the molecule is Cn1cc(-c2c[nH]nc2CCc2ccccc2)c(OC2CC2)cc1=O. The number of nitrogens with zero attached hydrogens (tertiary/aromatic N) is 2. The Labute approximate surface area is 146 Å². The molecule has 0 amide bonds. The summed E-state index contributed by atoms with van der Waals surface area (Å²) < 4.78 is 7.57. The third-order valence-electron chi connectivity index (χ3n) is 4.51. The van der Waals surface area contributed by atoms with E-state index >= 15 is 0 Å². The summed E-state index contributed by atoms with van der Waals surface area (Å²) in [5.74, 6) is 0.660. The van der Waals surface area contributed by atoms with Gasteiger partial charge in [0.25, 0.3) is 5.56 Å². The Hall–Kier alpha value is -2.82. The summed E-state index contributed by atoms with van der Waals surface area (Å²) in [5.41, 5.74) is 4.14. The lowest BCUT2D eigenvalue weighted by Gasteiger charge is -2.12. The largest absolute Gasteiger partial charge is 0.490 e. The van der Waals surface area contributed by atoms with Crippen LogP contribution in [0.25, 0.3) is 11.1 Å². The minimum absolute atomic E-state index is 0.0614. The third-order valence-corrected chi connectivity index (χ3v) is 4.51. The Balaban J connectivity index is 1.65. The first-order valence-electron chi connectivity index (χ1n) is 8.65. The third kappa shape index (κ3) is 3.50. The number of hydrogen-bond acceptors (Lipinski definition) is 3. The zero-order valence-corrected chi connectivity index (χ0v) is 14.2. The molecule has 0 aliphatic heterocycles. The summed E-state index contributed by atoms with van der Waals surface area (Å²) in [5, 5.41) is 7.40. The van der Waals surface area contributed by atoms with E-state index in [2.05, 4.69) is 34.5 Å². The minimum atomic E-state index is -0.0614. The maximum atomic E-state index is 12.0. The minimum Gasteiger partial charge on any atom is -0.490 e. The van der Waals surface area contributed by atoms with Gasteiger partial charge in [0.2, 0.25) is 0 Å². The number of aromatic amines is 1. The summed E-state index contributed by atoms with van der Waals surface area (Å²) in [7, 11) is 1.76. The quantitative estimate of drug-likeness (QED) is 0.753. The number of nitrogens with one attached hydrogen (secondary N) is 1. The monoisotopic (exact) mass is 335 g/mol. The maximum Gasteiger partial charge on any atom is 0.254 e. The van der Waals surface area contributed by atoms with Crippen molar-refractivity contribution in [2.24, 2.45) is 7.05 Å². The molecule has 1 fully saturated rings.